The van der Waals surface area contributed by atoms with E-state index in [1.54, 1.807) is 16.9 Å². The number of anilines is 1. The van der Waals surface area contributed by atoms with E-state index in [2.05, 4.69) is 16.5 Å². The van der Waals surface area contributed by atoms with E-state index in [1.807, 2.05) is 25.1 Å². The normalized spacial score (nSPS) is 15.2. The SMILES string of the molecule is Cc1cccc(Cn2ccc(NC(=O)C3CCN(S(=O)(=O)c4ccc([N+](=O)[O-])cc4)CC3)n2)c1. The lowest BCUT2D eigenvalue weighted by Crippen LogP contribution is -2.41. The number of nitrogens with zero attached hydrogens (tertiary/aromatic N) is 4. The molecule has 0 aliphatic carbocycles. The average molecular weight is 484 g/mol. The highest BCUT2D eigenvalue weighted by molar-refractivity contribution is 7.89. The topological polar surface area (TPSA) is 127 Å². The summed E-state index contributed by atoms with van der Waals surface area (Å²) in [6.45, 7) is 3.01. The van der Waals surface area contributed by atoms with Gasteiger partial charge in [-0.05, 0) is 37.5 Å². The van der Waals surface area contributed by atoms with E-state index >= 15 is 0 Å². The lowest BCUT2D eigenvalue weighted by atomic mass is 9.97. The summed E-state index contributed by atoms with van der Waals surface area (Å²) in [6, 6.07) is 14.7. The third kappa shape index (κ3) is 5.32. The van der Waals surface area contributed by atoms with Crippen molar-refractivity contribution >= 4 is 27.4 Å². The number of aromatic nitrogens is 2. The van der Waals surface area contributed by atoms with E-state index < -0.39 is 14.9 Å². The first kappa shape index (κ1) is 23.6. The van der Waals surface area contributed by atoms with Crippen LogP contribution in [0.3, 0.4) is 0 Å². The van der Waals surface area contributed by atoms with Crippen molar-refractivity contribution in [2.24, 2.45) is 5.92 Å². The van der Waals surface area contributed by atoms with Gasteiger partial charge in [-0.2, -0.15) is 9.40 Å². The number of carbonyl (C=O) groups is 1. The quantitative estimate of drug-likeness (QED) is 0.406. The fourth-order valence-corrected chi connectivity index (χ4v) is 5.46. The van der Waals surface area contributed by atoms with Crippen LogP contribution in [0.1, 0.15) is 24.0 Å². The smallest absolute Gasteiger partial charge is 0.269 e. The third-order valence-corrected chi connectivity index (χ3v) is 7.74. The van der Waals surface area contributed by atoms with Crippen LogP contribution >= 0.6 is 0 Å². The van der Waals surface area contributed by atoms with Crippen molar-refractivity contribution in [3.63, 3.8) is 0 Å². The molecule has 0 radical (unpaired) electrons. The molecule has 1 N–H and O–H groups in total. The van der Waals surface area contributed by atoms with Crippen molar-refractivity contribution in [2.45, 2.75) is 31.2 Å². The van der Waals surface area contributed by atoms with Crippen molar-refractivity contribution in [1.82, 2.24) is 14.1 Å². The van der Waals surface area contributed by atoms with E-state index in [0.29, 0.717) is 25.2 Å². The van der Waals surface area contributed by atoms with Gasteiger partial charge < -0.3 is 5.32 Å². The minimum absolute atomic E-state index is 0.000140. The van der Waals surface area contributed by atoms with Crippen LogP contribution < -0.4 is 5.32 Å². The molecule has 1 fully saturated rings. The second-order valence-corrected chi connectivity index (χ2v) is 10.2. The van der Waals surface area contributed by atoms with Crippen LogP contribution in [0.15, 0.2) is 65.7 Å². The van der Waals surface area contributed by atoms with Crippen LogP contribution in [-0.2, 0) is 21.4 Å². The Balaban J connectivity index is 1.32. The molecule has 0 atom stereocenters. The number of piperidine rings is 1. The molecule has 1 aliphatic rings. The number of sulfonamides is 1. The number of aryl methyl sites for hydroxylation is 1. The van der Waals surface area contributed by atoms with Crippen molar-refractivity contribution in [1.29, 1.82) is 0 Å². The molecule has 0 saturated carbocycles. The van der Waals surface area contributed by atoms with Gasteiger partial charge in [0.15, 0.2) is 5.82 Å². The summed E-state index contributed by atoms with van der Waals surface area (Å²) in [5.74, 6) is -0.0583. The summed E-state index contributed by atoms with van der Waals surface area (Å²) in [6.07, 6.45) is 2.56. The molecule has 1 aromatic heterocycles. The van der Waals surface area contributed by atoms with Crippen LogP contribution in [0, 0.1) is 23.0 Å². The Morgan fingerprint density at radius 1 is 1.15 bits per heavy atom. The lowest BCUT2D eigenvalue weighted by Gasteiger charge is -2.30. The van der Waals surface area contributed by atoms with Crippen molar-refractivity contribution in [2.75, 3.05) is 18.4 Å². The highest BCUT2D eigenvalue weighted by Crippen LogP contribution is 2.26. The van der Waals surface area contributed by atoms with Gasteiger partial charge in [0.1, 0.15) is 0 Å². The molecular weight excluding hydrogens is 458 g/mol. The Labute approximate surface area is 197 Å². The second kappa shape index (κ2) is 9.74. The van der Waals surface area contributed by atoms with E-state index in [-0.39, 0.29) is 35.5 Å². The van der Waals surface area contributed by atoms with Crippen LogP contribution in [-0.4, -0.2) is 46.4 Å². The molecule has 1 saturated heterocycles. The highest BCUT2D eigenvalue weighted by atomic mass is 32.2. The van der Waals surface area contributed by atoms with Crippen molar-refractivity contribution in [3.8, 4) is 0 Å². The molecule has 11 heteroatoms. The minimum atomic E-state index is -3.78. The summed E-state index contributed by atoms with van der Waals surface area (Å²) >= 11 is 0. The Bertz CT molecular complexity index is 1300. The summed E-state index contributed by atoms with van der Waals surface area (Å²) in [7, 11) is -3.78. The first-order chi connectivity index (χ1) is 16.2. The predicted octanol–water partition coefficient (Wildman–Crippen LogP) is 3.19. The zero-order chi connectivity index (χ0) is 24.3. The average Bonchev–Trinajstić information content (AvgIpc) is 3.25. The molecule has 10 nitrogen and oxygen atoms in total. The number of rotatable bonds is 7. The Morgan fingerprint density at radius 3 is 2.50 bits per heavy atom. The van der Waals surface area contributed by atoms with E-state index in [9.17, 15) is 23.3 Å². The maximum absolute atomic E-state index is 12.9. The van der Waals surface area contributed by atoms with Crippen molar-refractivity contribution < 1.29 is 18.1 Å². The van der Waals surface area contributed by atoms with Gasteiger partial charge in [-0.25, -0.2) is 8.42 Å². The standard InChI is InChI=1S/C23H25N5O5S/c1-17-3-2-4-18(15-17)16-26-12-11-22(25-26)24-23(29)19-9-13-27(14-10-19)34(32,33)21-7-5-20(6-8-21)28(30)31/h2-8,11-12,15,19H,9-10,13-14,16H2,1H3,(H,24,25,29). The number of nitrogens with one attached hydrogen (secondary N) is 1. The number of amides is 1. The van der Waals surface area contributed by atoms with Crippen LogP contribution in [0.25, 0.3) is 0 Å². The summed E-state index contributed by atoms with van der Waals surface area (Å²) in [5, 5.41) is 18.0. The lowest BCUT2D eigenvalue weighted by molar-refractivity contribution is -0.384. The second-order valence-electron chi connectivity index (χ2n) is 8.31. The first-order valence-electron chi connectivity index (χ1n) is 10.9. The monoisotopic (exact) mass is 483 g/mol. The zero-order valence-corrected chi connectivity index (χ0v) is 19.4. The maximum atomic E-state index is 12.9. The predicted molar refractivity (Wildman–Crippen MR) is 126 cm³/mol. The van der Waals surface area contributed by atoms with Gasteiger partial charge in [-0.1, -0.05) is 29.8 Å². The number of hydrogen-bond donors (Lipinski definition) is 1. The molecule has 0 bridgehead atoms. The molecular formula is C23H25N5O5S. The highest BCUT2D eigenvalue weighted by Gasteiger charge is 2.32. The fourth-order valence-electron chi connectivity index (χ4n) is 3.99. The van der Waals surface area contributed by atoms with Crippen molar-refractivity contribution in [3.05, 3.63) is 82.0 Å². The van der Waals surface area contributed by atoms with Gasteiger partial charge in [0, 0.05) is 43.4 Å². The van der Waals surface area contributed by atoms with Crippen LogP contribution in [0.2, 0.25) is 0 Å². The number of carbonyl (C=O) groups excluding carboxylic acids is 1. The number of nitro benzene ring substituents is 1. The van der Waals surface area contributed by atoms with E-state index in [4.69, 9.17) is 0 Å². The number of hydrogen-bond acceptors (Lipinski definition) is 6. The molecule has 178 valence electrons. The molecule has 3 aromatic rings. The van der Waals surface area contributed by atoms with Gasteiger partial charge in [-0.15, -0.1) is 0 Å². The molecule has 2 aromatic carbocycles. The van der Waals surface area contributed by atoms with Gasteiger partial charge >= 0.3 is 0 Å². The summed E-state index contributed by atoms with van der Waals surface area (Å²) < 4.78 is 28.8. The Morgan fingerprint density at radius 2 is 1.85 bits per heavy atom. The molecule has 1 aliphatic heterocycles. The molecule has 4 rings (SSSR count). The van der Waals surface area contributed by atoms with Crippen LogP contribution in [0.4, 0.5) is 11.5 Å². The number of benzene rings is 2. The van der Waals surface area contributed by atoms with Gasteiger partial charge in [0.2, 0.25) is 15.9 Å². The van der Waals surface area contributed by atoms with Gasteiger partial charge in [0.05, 0.1) is 16.4 Å². The van der Waals surface area contributed by atoms with Crippen LogP contribution in [0.5, 0.6) is 0 Å². The number of nitro groups is 1. The largest absolute Gasteiger partial charge is 0.309 e. The fraction of sp³-hybridized carbons (Fsp3) is 0.304. The molecule has 0 unspecified atom stereocenters. The molecule has 0 spiro atoms. The Hall–Kier alpha value is -3.57. The Kier molecular flexibility index (Phi) is 6.75. The number of non-ortho nitro benzene ring substituents is 1. The maximum Gasteiger partial charge on any atom is 0.269 e. The third-order valence-electron chi connectivity index (χ3n) is 5.83. The molecule has 34 heavy (non-hydrogen) atoms. The molecule has 1 amide bonds. The summed E-state index contributed by atoms with van der Waals surface area (Å²) in [4.78, 5) is 22.9. The van der Waals surface area contributed by atoms with E-state index in [0.717, 1.165) is 5.56 Å². The molecule has 2 heterocycles. The van der Waals surface area contributed by atoms with Gasteiger partial charge in [0.25, 0.3) is 5.69 Å². The summed E-state index contributed by atoms with van der Waals surface area (Å²) in [5.41, 5.74) is 2.11. The minimum Gasteiger partial charge on any atom is -0.309 e. The van der Waals surface area contributed by atoms with E-state index in [1.165, 1.54) is 34.1 Å². The van der Waals surface area contributed by atoms with Gasteiger partial charge in [-0.3, -0.25) is 19.6 Å². The zero-order valence-electron chi connectivity index (χ0n) is 18.6. The first-order valence-corrected chi connectivity index (χ1v) is 12.3.